The number of hydrogen-bond donors (Lipinski definition) is 0. The fourth-order valence-corrected chi connectivity index (χ4v) is 3.04. The lowest BCUT2D eigenvalue weighted by Crippen LogP contribution is -2.33. The molecule has 0 aromatic heterocycles. The molecular formula is C23H29NO2. The maximum absolute atomic E-state index is 13.1. The van der Waals surface area contributed by atoms with Crippen molar-refractivity contribution >= 4 is 5.91 Å². The molecule has 0 unspecified atom stereocenters. The van der Waals surface area contributed by atoms with Crippen molar-refractivity contribution in [2.75, 3.05) is 20.2 Å². The van der Waals surface area contributed by atoms with Crippen LogP contribution in [0.15, 0.2) is 54.6 Å². The van der Waals surface area contributed by atoms with Crippen LogP contribution in [0.3, 0.4) is 0 Å². The normalized spacial score (nSPS) is 10.5. The fraction of sp³-hybridized carbons (Fsp3) is 0.348. The Kier molecular flexibility index (Phi) is 7.02. The van der Waals surface area contributed by atoms with Crippen LogP contribution in [0.4, 0.5) is 0 Å². The van der Waals surface area contributed by atoms with E-state index in [2.05, 4.69) is 18.7 Å². The number of amides is 1. The van der Waals surface area contributed by atoms with E-state index in [9.17, 15) is 4.79 Å². The van der Waals surface area contributed by atoms with Crippen molar-refractivity contribution in [2.24, 2.45) is 0 Å². The van der Waals surface area contributed by atoms with E-state index < -0.39 is 0 Å². The van der Waals surface area contributed by atoms with Gasteiger partial charge in [0.2, 0.25) is 0 Å². The molecule has 0 aliphatic rings. The highest BCUT2D eigenvalue weighted by Gasteiger charge is 2.18. The number of ether oxygens (including phenoxy) is 1. The Bertz CT molecular complexity index is 765. The second kappa shape index (κ2) is 9.23. The summed E-state index contributed by atoms with van der Waals surface area (Å²) in [6.07, 6.45) is 1.88. The number of carbonyl (C=O) groups excluding carboxylic acids is 1. The van der Waals surface area contributed by atoms with Crippen molar-refractivity contribution < 1.29 is 9.53 Å². The summed E-state index contributed by atoms with van der Waals surface area (Å²) in [4.78, 5) is 15.0. The molecule has 0 N–H and O–H groups in total. The molecule has 2 aromatic rings. The van der Waals surface area contributed by atoms with Gasteiger partial charge in [-0.1, -0.05) is 42.5 Å². The lowest BCUT2D eigenvalue weighted by Gasteiger charge is -2.24. The Balaban J connectivity index is 2.13. The Hall–Kier alpha value is -2.55. The standard InChI is InChI=1S/C23H29NO2/c1-17(2)16-24(13-9-12-20-10-7-6-8-11-20)23(25)21-14-18(3)19(4)22(15-21)26-5/h6-8,10-11,14-15H,1,9,12-13,16H2,2-5H3. The predicted octanol–water partition coefficient (Wildman–Crippen LogP) is 4.96. The first kappa shape index (κ1) is 19.8. The molecule has 2 rings (SSSR count). The van der Waals surface area contributed by atoms with Gasteiger partial charge in [-0.15, -0.1) is 0 Å². The first-order valence-corrected chi connectivity index (χ1v) is 9.05. The molecule has 26 heavy (non-hydrogen) atoms. The van der Waals surface area contributed by atoms with E-state index in [1.807, 2.05) is 56.0 Å². The first-order valence-electron chi connectivity index (χ1n) is 9.05. The molecule has 0 bridgehead atoms. The summed E-state index contributed by atoms with van der Waals surface area (Å²) in [5, 5.41) is 0. The van der Waals surface area contributed by atoms with Crippen molar-refractivity contribution in [3.63, 3.8) is 0 Å². The quantitative estimate of drug-likeness (QED) is 0.629. The number of aryl methyl sites for hydroxylation is 2. The van der Waals surface area contributed by atoms with Crippen LogP contribution in [0.5, 0.6) is 5.75 Å². The molecule has 0 aliphatic carbocycles. The molecule has 1 amide bonds. The number of benzene rings is 2. The third-order valence-corrected chi connectivity index (χ3v) is 4.57. The van der Waals surface area contributed by atoms with Crippen LogP contribution in [0.1, 0.15) is 40.4 Å². The van der Waals surface area contributed by atoms with Crippen molar-refractivity contribution in [3.8, 4) is 5.75 Å². The summed E-state index contributed by atoms with van der Waals surface area (Å²) < 4.78 is 5.43. The van der Waals surface area contributed by atoms with Crippen LogP contribution in [0.25, 0.3) is 0 Å². The van der Waals surface area contributed by atoms with Gasteiger partial charge in [-0.05, 0) is 62.4 Å². The third kappa shape index (κ3) is 5.22. The van der Waals surface area contributed by atoms with Crippen LogP contribution >= 0.6 is 0 Å². The average Bonchev–Trinajstić information content (AvgIpc) is 2.63. The number of hydrogen-bond acceptors (Lipinski definition) is 2. The van der Waals surface area contributed by atoms with E-state index in [1.54, 1.807) is 7.11 Å². The Morgan fingerprint density at radius 2 is 1.85 bits per heavy atom. The summed E-state index contributed by atoms with van der Waals surface area (Å²) >= 11 is 0. The molecule has 3 heteroatoms. The van der Waals surface area contributed by atoms with E-state index in [-0.39, 0.29) is 5.91 Å². The molecule has 0 saturated carbocycles. The van der Waals surface area contributed by atoms with E-state index in [1.165, 1.54) is 5.56 Å². The molecule has 0 radical (unpaired) electrons. The van der Waals surface area contributed by atoms with Crippen molar-refractivity contribution in [1.29, 1.82) is 0 Å². The van der Waals surface area contributed by atoms with Crippen LogP contribution in [-0.4, -0.2) is 31.0 Å². The molecule has 0 atom stereocenters. The second-order valence-electron chi connectivity index (χ2n) is 6.89. The van der Waals surface area contributed by atoms with Gasteiger partial charge in [-0.3, -0.25) is 4.79 Å². The van der Waals surface area contributed by atoms with Crippen LogP contribution < -0.4 is 4.74 Å². The van der Waals surface area contributed by atoms with E-state index >= 15 is 0 Å². The molecule has 0 spiro atoms. The zero-order valence-electron chi connectivity index (χ0n) is 16.3. The minimum Gasteiger partial charge on any atom is -0.496 e. The highest BCUT2D eigenvalue weighted by molar-refractivity contribution is 5.95. The summed E-state index contributed by atoms with van der Waals surface area (Å²) in [5.74, 6) is 0.787. The fourth-order valence-electron chi connectivity index (χ4n) is 3.04. The SMILES string of the molecule is C=C(C)CN(CCCc1ccccc1)C(=O)c1cc(C)c(C)c(OC)c1. The minimum atomic E-state index is 0.0301. The summed E-state index contributed by atoms with van der Waals surface area (Å²) in [6, 6.07) is 14.2. The van der Waals surface area contributed by atoms with Crippen molar-refractivity contribution in [1.82, 2.24) is 4.90 Å². The van der Waals surface area contributed by atoms with Gasteiger partial charge in [0, 0.05) is 18.7 Å². The molecule has 0 saturated heterocycles. The monoisotopic (exact) mass is 351 g/mol. The van der Waals surface area contributed by atoms with Gasteiger partial charge in [0.05, 0.1) is 7.11 Å². The maximum Gasteiger partial charge on any atom is 0.254 e. The van der Waals surface area contributed by atoms with Crippen LogP contribution in [0.2, 0.25) is 0 Å². The third-order valence-electron chi connectivity index (χ3n) is 4.57. The highest BCUT2D eigenvalue weighted by atomic mass is 16.5. The van der Waals surface area contributed by atoms with Gasteiger partial charge in [0.1, 0.15) is 5.75 Å². The average molecular weight is 351 g/mol. The smallest absolute Gasteiger partial charge is 0.254 e. The lowest BCUT2D eigenvalue weighted by atomic mass is 10.0. The Labute approximate surface area is 157 Å². The zero-order chi connectivity index (χ0) is 19.1. The number of rotatable bonds is 8. The summed E-state index contributed by atoms with van der Waals surface area (Å²) in [5.41, 5.74) is 5.08. The molecule has 0 aliphatic heterocycles. The van der Waals surface area contributed by atoms with Gasteiger partial charge < -0.3 is 9.64 Å². The zero-order valence-corrected chi connectivity index (χ0v) is 16.3. The van der Waals surface area contributed by atoms with Crippen LogP contribution in [0, 0.1) is 13.8 Å². The highest BCUT2D eigenvalue weighted by Crippen LogP contribution is 2.24. The van der Waals surface area contributed by atoms with Crippen LogP contribution in [-0.2, 0) is 6.42 Å². The molecule has 2 aromatic carbocycles. The van der Waals surface area contributed by atoms with Gasteiger partial charge in [-0.2, -0.15) is 0 Å². The van der Waals surface area contributed by atoms with Gasteiger partial charge >= 0.3 is 0 Å². The van der Waals surface area contributed by atoms with Gasteiger partial charge in [-0.25, -0.2) is 0 Å². The first-order chi connectivity index (χ1) is 12.4. The minimum absolute atomic E-state index is 0.0301. The van der Waals surface area contributed by atoms with E-state index in [4.69, 9.17) is 4.74 Å². The van der Waals surface area contributed by atoms with Crippen molar-refractivity contribution in [2.45, 2.75) is 33.6 Å². The summed E-state index contributed by atoms with van der Waals surface area (Å²) in [7, 11) is 1.64. The summed E-state index contributed by atoms with van der Waals surface area (Å²) in [6.45, 7) is 11.2. The molecular weight excluding hydrogens is 322 g/mol. The topological polar surface area (TPSA) is 29.5 Å². The molecule has 0 heterocycles. The number of carbonyl (C=O) groups is 1. The largest absolute Gasteiger partial charge is 0.496 e. The predicted molar refractivity (Wildman–Crippen MR) is 108 cm³/mol. The number of nitrogens with zero attached hydrogens (tertiary/aromatic N) is 1. The Morgan fingerprint density at radius 1 is 1.15 bits per heavy atom. The van der Waals surface area contributed by atoms with E-state index in [0.717, 1.165) is 35.3 Å². The number of methoxy groups -OCH3 is 1. The van der Waals surface area contributed by atoms with E-state index in [0.29, 0.717) is 18.7 Å². The van der Waals surface area contributed by atoms with Gasteiger partial charge in [0.15, 0.2) is 0 Å². The van der Waals surface area contributed by atoms with Gasteiger partial charge in [0.25, 0.3) is 5.91 Å². The maximum atomic E-state index is 13.1. The molecule has 3 nitrogen and oxygen atoms in total. The second-order valence-corrected chi connectivity index (χ2v) is 6.89. The molecule has 0 fully saturated rings. The molecule has 138 valence electrons. The Morgan fingerprint density at radius 3 is 2.46 bits per heavy atom. The van der Waals surface area contributed by atoms with Crippen molar-refractivity contribution in [3.05, 3.63) is 76.9 Å². The lowest BCUT2D eigenvalue weighted by molar-refractivity contribution is 0.0768.